The summed E-state index contributed by atoms with van der Waals surface area (Å²) < 4.78 is 15.8. The topological polar surface area (TPSA) is 26.3 Å². The van der Waals surface area contributed by atoms with Crippen molar-refractivity contribution < 1.29 is 9.09 Å². The van der Waals surface area contributed by atoms with Crippen LogP contribution in [0, 0.1) is 0 Å². The summed E-state index contributed by atoms with van der Waals surface area (Å²) in [4.78, 5) is 0. The molecule has 0 saturated carbocycles. The van der Waals surface area contributed by atoms with Crippen LogP contribution in [-0.2, 0) is 9.09 Å². The Hall–Kier alpha value is 0.540. The molecule has 0 bridgehead atoms. The van der Waals surface area contributed by atoms with Gasteiger partial charge in [-0.2, -0.15) is 0 Å². The van der Waals surface area contributed by atoms with Gasteiger partial charge in [-0.3, -0.25) is 4.57 Å². The van der Waals surface area contributed by atoms with E-state index in [1.54, 1.807) is 12.9 Å². The second kappa shape index (κ2) is 3.54. The molecule has 0 spiro atoms. The first-order chi connectivity index (χ1) is 3.62. The minimum atomic E-state index is -2.26. The highest BCUT2D eigenvalue weighted by atomic mass is 32.7. The van der Waals surface area contributed by atoms with Crippen molar-refractivity contribution in [1.82, 2.24) is 0 Å². The number of hydrogen-bond donors (Lipinski definition) is 0. The molecule has 8 heavy (non-hydrogen) atoms. The maximum atomic E-state index is 10.9. The van der Waals surface area contributed by atoms with Crippen molar-refractivity contribution in [3.63, 3.8) is 0 Å². The van der Waals surface area contributed by atoms with E-state index in [2.05, 4.69) is 0 Å². The molecule has 50 valence electrons. The standard InChI is InChI=1S/C4H11O2PS/c1-4-6-7(2,5)8-3/h4H2,1-3H3/t7-/m0/s1. The largest absolute Gasteiger partial charge is 0.322 e. The molecule has 1 atom stereocenters. The smallest absolute Gasteiger partial charge is 0.254 e. The molecule has 0 amide bonds. The summed E-state index contributed by atoms with van der Waals surface area (Å²) in [5, 5.41) is 0. The fourth-order valence-electron chi connectivity index (χ4n) is 0.287. The molecular weight excluding hydrogens is 143 g/mol. The molecule has 4 heteroatoms. The molecule has 0 aliphatic heterocycles. The maximum absolute atomic E-state index is 10.9. The van der Waals surface area contributed by atoms with Crippen LogP contribution in [0.25, 0.3) is 0 Å². The van der Waals surface area contributed by atoms with E-state index in [4.69, 9.17) is 4.52 Å². The molecule has 0 rings (SSSR count). The van der Waals surface area contributed by atoms with Crippen molar-refractivity contribution in [1.29, 1.82) is 0 Å². The third kappa shape index (κ3) is 3.53. The van der Waals surface area contributed by atoms with Crippen LogP contribution in [0.1, 0.15) is 6.92 Å². The van der Waals surface area contributed by atoms with Gasteiger partial charge in [0.05, 0.1) is 6.61 Å². The maximum Gasteiger partial charge on any atom is 0.254 e. The van der Waals surface area contributed by atoms with Gasteiger partial charge in [-0.1, -0.05) is 11.4 Å². The van der Waals surface area contributed by atoms with Gasteiger partial charge in [-0.15, -0.1) is 0 Å². The highest BCUT2D eigenvalue weighted by Crippen LogP contribution is 2.54. The van der Waals surface area contributed by atoms with Gasteiger partial charge in [0.15, 0.2) is 0 Å². The van der Waals surface area contributed by atoms with Crippen molar-refractivity contribution in [2.45, 2.75) is 6.92 Å². The highest BCUT2D eigenvalue weighted by molar-refractivity contribution is 8.56. The average Bonchev–Trinajstić information content (AvgIpc) is 1.67. The lowest BCUT2D eigenvalue weighted by Gasteiger charge is -2.06. The van der Waals surface area contributed by atoms with E-state index in [0.29, 0.717) is 6.61 Å². The van der Waals surface area contributed by atoms with E-state index in [9.17, 15) is 4.57 Å². The van der Waals surface area contributed by atoms with Crippen molar-refractivity contribution in [3.05, 3.63) is 0 Å². The molecular formula is C4H11O2PS. The first kappa shape index (κ1) is 8.54. The summed E-state index contributed by atoms with van der Waals surface area (Å²) in [7, 11) is 0. The number of hydrogen-bond acceptors (Lipinski definition) is 3. The SMILES string of the molecule is CCO[P@](C)(=O)SC. The van der Waals surface area contributed by atoms with Crippen molar-refractivity contribution in [2.24, 2.45) is 0 Å². The molecule has 0 fully saturated rings. The molecule has 0 radical (unpaired) electrons. The predicted molar refractivity (Wildman–Crippen MR) is 38.7 cm³/mol. The molecule has 0 aromatic heterocycles. The van der Waals surface area contributed by atoms with Crippen LogP contribution < -0.4 is 0 Å². The van der Waals surface area contributed by atoms with Crippen LogP contribution in [0.2, 0.25) is 0 Å². The van der Waals surface area contributed by atoms with E-state index in [1.807, 2.05) is 6.92 Å². The Morgan fingerprint density at radius 1 is 1.75 bits per heavy atom. The Bertz CT molecular complexity index is 104. The van der Waals surface area contributed by atoms with Gasteiger partial charge in [0.1, 0.15) is 0 Å². The fraction of sp³-hybridized carbons (Fsp3) is 1.00. The second-order valence-electron chi connectivity index (χ2n) is 1.37. The second-order valence-corrected chi connectivity index (χ2v) is 6.62. The molecule has 0 aromatic rings. The quantitative estimate of drug-likeness (QED) is 0.583. The molecule has 2 nitrogen and oxygen atoms in total. The lowest BCUT2D eigenvalue weighted by Crippen LogP contribution is -1.81. The predicted octanol–water partition coefficient (Wildman–Crippen LogP) is 2.21. The summed E-state index contributed by atoms with van der Waals surface area (Å²) >= 11 is 1.28. The summed E-state index contributed by atoms with van der Waals surface area (Å²) in [6, 6.07) is 0. The summed E-state index contributed by atoms with van der Waals surface area (Å²) in [6.45, 7) is 1.75. The zero-order valence-corrected chi connectivity index (χ0v) is 7.09. The molecule has 0 heterocycles. The van der Waals surface area contributed by atoms with Gasteiger partial charge in [-0.05, 0) is 13.2 Å². The van der Waals surface area contributed by atoms with Crippen LogP contribution in [-0.4, -0.2) is 19.5 Å². The third-order valence-corrected chi connectivity index (χ3v) is 4.39. The van der Waals surface area contributed by atoms with Gasteiger partial charge in [0.2, 0.25) is 0 Å². The normalized spacial score (nSPS) is 17.9. The zero-order chi connectivity index (χ0) is 6.62. The van der Waals surface area contributed by atoms with Crippen LogP contribution in [0.3, 0.4) is 0 Å². The molecule has 0 N–H and O–H groups in total. The highest BCUT2D eigenvalue weighted by Gasteiger charge is 2.10. The van der Waals surface area contributed by atoms with E-state index in [-0.39, 0.29) is 0 Å². The van der Waals surface area contributed by atoms with E-state index in [1.165, 1.54) is 11.4 Å². The molecule has 0 aliphatic carbocycles. The van der Waals surface area contributed by atoms with Crippen LogP contribution in [0.15, 0.2) is 0 Å². The van der Waals surface area contributed by atoms with Crippen LogP contribution >= 0.6 is 18.0 Å². The Kier molecular flexibility index (Phi) is 3.78. The average molecular weight is 154 g/mol. The summed E-state index contributed by atoms with van der Waals surface area (Å²) in [5.41, 5.74) is 0. The molecule has 0 unspecified atom stereocenters. The summed E-state index contributed by atoms with van der Waals surface area (Å²) in [5.74, 6) is 0. The zero-order valence-electron chi connectivity index (χ0n) is 5.38. The van der Waals surface area contributed by atoms with Gasteiger partial charge < -0.3 is 4.52 Å². The molecule has 0 aromatic carbocycles. The lowest BCUT2D eigenvalue weighted by atomic mass is 10.9. The third-order valence-electron chi connectivity index (χ3n) is 0.695. The van der Waals surface area contributed by atoms with Crippen LogP contribution in [0.5, 0.6) is 0 Å². The Morgan fingerprint density at radius 3 is 2.38 bits per heavy atom. The lowest BCUT2D eigenvalue weighted by molar-refractivity contribution is 0.350. The Morgan fingerprint density at radius 2 is 2.25 bits per heavy atom. The van der Waals surface area contributed by atoms with Gasteiger partial charge in [0, 0.05) is 6.66 Å². The van der Waals surface area contributed by atoms with Gasteiger partial charge in [-0.25, -0.2) is 0 Å². The van der Waals surface area contributed by atoms with Gasteiger partial charge >= 0.3 is 0 Å². The van der Waals surface area contributed by atoms with E-state index in [0.717, 1.165) is 0 Å². The first-order valence-electron chi connectivity index (χ1n) is 2.40. The molecule has 0 aliphatic rings. The van der Waals surface area contributed by atoms with E-state index < -0.39 is 6.57 Å². The van der Waals surface area contributed by atoms with Crippen molar-refractivity contribution in [2.75, 3.05) is 19.5 Å². The summed E-state index contributed by atoms with van der Waals surface area (Å²) in [6.07, 6.45) is 1.79. The van der Waals surface area contributed by atoms with Gasteiger partial charge in [0.25, 0.3) is 6.57 Å². The Balaban J connectivity index is 3.55. The fourth-order valence-corrected chi connectivity index (χ4v) is 1.49. The van der Waals surface area contributed by atoms with Crippen LogP contribution in [0.4, 0.5) is 0 Å². The first-order valence-corrected chi connectivity index (χ1v) is 6.30. The van der Waals surface area contributed by atoms with Crippen molar-refractivity contribution >= 4 is 18.0 Å². The minimum absolute atomic E-state index is 0.536. The van der Waals surface area contributed by atoms with Crippen molar-refractivity contribution in [3.8, 4) is 0 Å². The van der Waals surface area contributed by atoms with E-state index >= 15 is 0 Å². The minimum Gasteiger partial charge on any atom is -0.322 e. The monoisotopic (exact) mass is 154 g/mol. The Labute approximate surface area is 54.2 Å². The number of rotatable bonds is 3. The molecule has 0 saturated heterocycles.